The monoisotopic (exact) mass is 447 g/mol. The van der Waals surface area contributed by atoms with Crippen LogP contribution in [0.4, 0.5) is 17.7 Å². The minimum Gasteiger partial charge on any atom is -0.378 e. The van der Waals surface area contributed by atoms with E-state index in [1.54, 1.807) is 12.4 Å². The zero-order chi connectivity index (χ0) is 22.5. The van der Waals surface area contributed by atoms with E-state index in [0.717, 1.165) is 49.4 Å². The lowest BCUT2D eigenvalue weighted by molar-refractivity contribution is 0.0394. The van der Waals surface area contributed by atoms with Crippen LogP contribution < -0.4 is 16.0 Å². The molecular weight excluding hydrogens is 418 g/mol. The Labute approximate surface area is 193 Å². The maximum absolute atomic E-state index is 6.28. The van der Waals surface area contributed by atoms with Crippen LogP contribution in [0.2, 0.25) is 0 Å². The van der Waals surface area contributed by atoms with Gasteiger partial charge in [-0.15, -0.1) is 0 Å². The van der Waals surface area contributed by atoms with Gasteiger partial charge >= 0.3 is 0 Å². The molecule has 2 atom stereocenters. The first kappa shape index (κ1) is 21.5. The van der Waals surface area contributed by atoms with Gasteiger partial charge in [0.25, 0.3) is 0 Å². The molecular formula is C24H29N7O2. The van der Waals surface area contributed by atoms with Crippen LogP contribution in [0.1, 0.15) is 24.8 Å². The summed E-state index contributed by atoms with van der Waals surface area (Å²) < 4.78 is 11.8. The van der Waals surface area contributed by atoms with Gasteiger partial charge < -0.3 is 25.4 Å². The standard InChI is InChI=1S/C24H29N7O2/c25-23-26-14-18(15-27-23)20-13-22(30-24(29-20)31-9-11-32-12-10-31)28-19-7-4-8-21(19)33-16-17-5-2-1-3-6-17/h1-3,5-6,13-15,19,21H,4,7-12,16H2,(H2,25,26,27)(H,28,29,30)/t19-,21-/m0/s1. The normalized spacial score (nSPS) is 20.7. The fourth-order valence-electron chi connectivity index (χ4n) is 4.29. The molecule has 9 heteroatoms. The molecule has 2 fully saturated rings. The van der Waals surface area contributed by atoms with Crippen molar-refractivity contribution in [2.75, 3.05) is 42.3 Å². The number of rotatable bonds is 7. The molecule has 2 aliphatic rings. The molecule has 2 aromatic heterocycles. The Kier molecular flexibility index (Phi) is 6.59. The zero-order valence-corrected chi connectivity index (χ0v) is 18.6. The Morgan fingerprint density at radius 2 is 1.85 bits per heavy atom. The van der Waals surface area contributed by atoms with Gasteiger partial charge in [-0.3, -0.25) is 0 Å². The summed E-state index contributed by atoms with van der Waals surface area (Å²) in [6.07, 6.45) is 6.71. The first-order chi connectivity index (χ1) is 16.2. The highest BCUT2D eigenvalue weighted by Gasteiger charge is 2.29. The number of nitrogens with zero attached hydrogens (tertiary/aromatic N) is 5. The average Bonchev–Trinajstić information content (AvgIpc) is 3.31. The van der Waals surface area contributed by atoms with Gasteiger partial charge in [-0.2, -0.15) is 4.98 Å². The second kappa shape index (κ2) is 10.1. The van der Waals surface area contributed by atoms with Gasteiger partial charge in [0.1, 0.15) is 5.82 Å². The van der Waals surface area contributed by atoms with Crippen LogP contribution in [0, 0.1) is 0 Å². The van der Waals surface area contributed by atoms with Crippen molar-refractivity contribution in [3.8, 4) is 11.3 Å². The maximum atomic E-state index is 6.28. The van der Waals surface area contributed by atoms with Crippen LogP contribution in [0.15, 0.2) is 48.8 Å². The van der Waals surface area contributed by atoms with Gasteiger partial charge in [0.15, 0.2) is 0 Å². The smallest absolute Gasteiger partial charge is 0.228 e. The van der Waals surface area contributed by atoms with Crippen LogP contribution >= 0.6 is 0 Å². The summed E-state index contributed by atoms with van der Waals surface area (Å²) in [5.41, 5.74) is 8.42. The second-order valence-electron chi connectivity index (χ2n) is 8.38. The predicted octanol–water partition coefficient (Wildman–Crippen LogP) is 2.90. The molecule has 1 saturated carbocycles. The van der Waals surface area contributed by atoms with E-state index in [9.17, 15) is 0 Å². The molecule has 0 bridgehead atoms. The van der Waals surface area contributed by atoms with Crippen molar-refractivity contribution in [1.82, 2.24) is 19.9 Å². The summed E-state index contributed by atoms with van der Waals surface area (Å²) in [6, 6.07) is 12.4. The first-order valence-electron chi connectivity index (χ1n) is 11.5. The Morgan fingerprint density at radius 3 is 2.64 bits per heavy atom. The fraction of sp³-hybridized carbons (Fsp3) is 0.417. The fourth-order valence-corrected chi connectivity index (χ4v) is 4.29. The summed E-state index contributed by atoms with van der Waals surface area (Å²) >= 11 is 0. The Balaban J connectivity index is 1.36. The van der Waals surface area contributed by atoms with E-state index in [2.05, 4.69) is 32.3 Å². The van der Waals surface area contributed by atoms with Crippen molar-refractivity contribution >= 4 is 17.7 Å². The number of aromatic nitrogens is 4. The molecule has 3 N–H and O–H groups in total. The van der Waals surface area contributed by atoms with Gasteiger partial charge in [-0.25, -0.2) is 15.0 Å². The largest absolute Gasteiger partial charge is 0.378 e. The van der Waals surface area contributed by atoms with Crippen LogP contribution in [0.5, 0.6) is 0 Å². The van der Waals surface area contributed by atoms with Crippen molar-refractivity contribution in [1.29, 1.82) is 0 Å². The zero-order valence-electron chi connectivity index (χ0n) is 18.6. The van der Waals surface area contributed by atoms with E-state index in [1.165, 1.54) is 5.56 Å². The molecule has 1 aliphatic carbocycles. The topological polar surface area (TPSA) is 111 Å². The SMILES string of the molecule is Nc1ncc(-c2cc(N[C@H]3CCC[C@@H]3OCc3ccccc3)nc(N3CCOCC3)n2)cn1. The van der Waals surface area contributed by atoms with Gasteiger partial charge in [0.2, 0.25) is 11.9 Å². The number of hydrogen-bond acceptors (Lipinski definition) is 9. The summed E-state index contributed by atoms with van der Waals surface area (Å²) in [4.78, 5) is 20.0. The number of nitrogens with two attached hydrogens (primary N) is 1. The number of nitrogens with one attached hydrogen (secondary N) is 1. The lowest BCUT2D eigenvalue weighted by Gasteiger charge is -2.28. The second-order valence-corrected chi connectivity index (χ2v) is 8.38. The van der Waals surface area contributed by atoms with Gasteiger partial charge in [-0.1, -0.05) is 30.3 Å². The number of ether oxygens (including phenoxy) is 2. The Hall–Kier alpha value is -3.30. The molecule has 5 rings (SSSR count). The number of morpholine rings is 1. The van der Waals surface area contributed by atoms with E-state index in [0.29, 0.717) is 25.8 Å². The van der Waals surface area contributed by atoms with Gasteiger partial charge in [0.05, 0.1) is 37.7 Å². The van der Waals surface area contributed by atoms with Gasteiger partial charge in [-0.05, 0) is 24.8 Å². The number of hydrogen-bond donors (Lipinski definition) is 2. The molecule has 1 saturated heterocycles. The average molecular weight is 448 g/mol. The third-order valence-corrected chi connectivity index (χ3v) is 6.07. The quantitative estimate of drug-likeness (QED) is 0.565. The molecule has 0 radical (unpaired) electrons. The Bertz CT molecular complexity index is 1040. The minimum absolute atomic E-state index is 0.135. The van der Waals surface area contributed by atoms with E-state index in [4.69, 9.17) is 25.2 Å². The molecule has 3 heterocycles. The maximum Gasteiger partial charge on any atom is 0.228 e. The van der Waals surface area contributed by atoms with E-state index >= 15 is 0 Å². The van der Waals surface area contributed by atoms with Crippen LogP contribution in [0.25, 0.3) is 11.3 Å². The lowest BCUT2D eigenvalue weighted by atomic mass is 10.2. The summed E-state index contributed by atoms with van der Waals surface area (Å²) in [6.45, 7) is 3.46. The highest BCUT2D eigenvalue weighted by molar-refractivity contribution is 5.63. The third kappa shape index (κ3) is 5.37. The van der Waals surface area contributed by atoms with Crippen molar-refractivity contribution in [3.05, 3.63) is 54.4 Å². The predicted molar refractivity (Wildman–Crippen MR) is 127 cm³/mol. The van der Waals surface area contributed by atoms with E-state index in [1.807, 2.05) is 24.3 Å². The molecule has 0 spiro atoms. The number of benzene rings is 1. The van der Waals surface area contributed by atoms with Gasteiger partial charge in [0, 0.05) is 37.1 Å². The van der Waals surface area contributed by atoms with E-state index < -0.39 is 0 Å². The van der Waals surface area contributed by atoms with Crippen molar-refractivity contribution in [3.63, 3.8) is 0 Å². The van der Waals surface area contributed by atoms with Crippen LogP contribution in [0.3, 0.4) is 0 Å². The van der Waals surface area contributed by atoms with Crippen LogP contribution in [-0.2, 0) is 16.1 Å². The molecule has 9 nitrogen and oxygen atoms in total. The molecule has 0 unspecified atom stereocenters. The number of anilines is 3. The summed E-state index contributed by atoms with van der Waals surface area (Å²) in [5.74, 6) is 1.69. The Morgan fingerprint density at radius 1 is 1.06 bits per heavy atom. The molecule has 3 aromatic rings. The first-order valence-corrected chi connectivity index (χ1v) is 11.5. The number of nitrogen functional groups attached to an aromatic ring is 1. The van der Waals surface area contributed by atoms with Crippen molar-refractivity contribution < 1.29 is 9.47 Å². The molecule has 33 heavy (non-hydrogen) atoms. The summed E-state index contributed by atoms with van der Waals surface area (Å²) in [5, 5.41) is 3.63. The molecule has 1 aliphatic heterocycles. The highest BCUT2D eigenvalue weighted by Crippen LogP contribution is 2.28. The summed E-state index contributed by atoms with van der Waals surface area (Å²) in [7, 11) is 0. The molecule has 0 amide bonds. The third-order valence-electron chi connectivity index (χ3n) is 6.07. The van der Waals surface area contributed by atoms with Crippen molar-refractivity contribution in [2.45, 2.75) is 38.0 Å². The molecule has 172 valence electrons. The highest BCUT2D eigenvalue weighted by atomic mass is 16.5. The minimum atomic E-state index is 0.135. The van der Waals surface area contributed by atoms with E-state index in [-0.39, 0.29) is 18.1 Å². The van der Waals surface area contributed by atoms with Crippen LogP contribution in [-0.4, -0.2) is 58.4 Å². The lowest BCUT2D eigenvalue weighted by Crippen LogP contribution is -2.37. The van der Waals surface area contributed by atoms with Crippen molar-refractivity contribution in [2.24, 2.45) is 0 Å². The molecule has 1 aromatic carbocycles.